The first-order valence-corrected chi connectivity index (χ1v) is 5.49. The van der Waals surface area contributed by atoms with Crippen LogP contribution in [0.25, 0.3) is 0 Å². The molecule has 0 spiro atoms. The van der Waals surface area contributed by atoms with Crippen molar-refractivity contribution in [3.63, 3.8) is 0 Å². The second-order valence-corrected chi connectivity index (χ2v) is 3.49. The third-order valence-corrected chi connectivity index (χ3v) is 2.10. The zero-order chi connectivity index (χ0) is 12.7. The van der Waals surface area contributed by atoms with Crippen molar-refractivity contribution in [3.05, 3.63) is 23.8 Å². The molecular formula is C12H17NO4. The molecule has 0 aliphatic heterocycles. The number of nitrogens with two attached hydrogens (primary N) is 1. The van der Waals surface area contributed by atoms with Gasteiger partial charge in [0.25, 0.3) is 0 Å². The van der Waals surface area contributed by atoms with Gasteiger partial charge in [-0.1, -0.05) is 13.0 Å². The molecule has 0 radical (unpaired) electrons. The lowest BCUT2D eigenvalue weighted by molar-refractivity contribution is 0.0316. The number of nitrogen functional groups attached to an aromatic ring is 1. The van der Waals surface area contributed by atoms with E-state index in [0.29, 0.717) is 13.2 Å². The van der Waals surface area contributed by atoms with Gasteiger partial charge in [-0.05, 0) is 18.6 Å². The van der Waals surface area contributed by atoms with E-state index in [1.807, 2.05) is 6.92 Å². The maximum absolute atomic E-state index is 11.6. The fraction of sp³-hybridized carbons (Fsp3) is 0.417. The molecule has 1 aromatic rings. The lowest BCUT2D eigenvalue weighted by atomic mass is 10.2. The zero-order valence-corrected chi connectivity index (χ0v) is 9.81. The lowest BCUT2D eigenvalue weighted by Gasteiger charge is -2.07. The smallest absolute Gasteiger partial charge is 0.342 e. The van der Waals surface area contributed by atoms with E-state index >= 15 is 0 Å². The molecule has 0 unspecified atom stereocenters. The second kappa shape index (κ2) is 6.75. The number of hydrogen-bond acceptors (Lipinski definition) is 5. The van der Waals surface area contributed by atoms with Gasteiger partial charge in [0.2, 0.25) is 0 Å². The van der Waals surface area contributed by atoms with E-state index in [1.54, 1.807) is 6.07 Å². The summed E-state index contributed by atoms with van der Waals surface area (Å²) in [6.07, 6.45) is 0.921. The zero-order valence-electron chi connectivity index (χ0n) is 9.81. The summed E-state index contributed by atoms with van der Waals surface area (Å²) in [5.41, 5.74) is 5.69. The Hall–Kier alpha value is -1.75. The fourth-order valence-corrected chi connectivity index (χ4v) is 1.24. The first-order valence-electron chi connectivity index (χ1n) is 5.49. The number of esters is 1. The van der Waals surface area contributed by atoms with E-state index in [4.69, 9.17) is 15.2 Å². The van der Waals surface area contributed by atoms with Crippen LogP contribution < -0.4 is 5.73 Å². The quantitative estimate of drug-likeness (QED) is 0.341. The Morgan fingerprint density at radius 1 is 1.35 bits per heavy atom. The van der Waals surface area contributed by atoms with Gasteiger partial charge in [-0.15, -0.1) is 0 Å². The normalized spacial score (nSPS) is 10.2. The average molecular weight is 239 g/mol. The summed E-state index contributed by atoms with van der Waals surface area (Å²) >= 11 is 0. The number of para-hydroxylation sites is 1. The molecule has 0 aromatic heterocycles. The molecule has 1 rings (SSSR count). The number of phenols is 1. The molecule has 1 aromatic carbocycles. The first-order chi connectivity index (χ1) is 8.16. The SMILES string of the molecule is CCCOCCOC(=O)c1cccc(N)c1O. The summed E-state index contributed by atoms with van der Waals surface area (Å²) in [7, 11) is 0. The Morgan fingerprint density at radius 3 is 2.82 bits per heavy atom. The Kier molecular flexibility index (Phi) is 5.29. The summed E-state index contributed by atoms with van der Waals surface area (Å²) in [5, 5.41) is 9.55. The number of carbonyl (C=O) groups is 1. The Labute approximate surface area is 100 Å². The molecule has 0 amide bonds. The van der Waals surface area contributed by atoms with Crippen LogP contribution in [0.15, 0.2) is 18.2 Å². The minimum absolute atomic E-state index is 0.0699. The second-order valence-electron chi connectivity index (χ2n) is 3.49. The molecule has 0 bridgehead atoms. The summed E-state index contributed by atoms with van der Waals surface area (Å²) in [4.78, 5) is 11.6. The maximum atomic E-state index is 11.6. The minimum atomic E-state index is -0.602. The van der Waals surface area contributed by atoms with Crippen LogP contribution >= 0.6 is 0 Å². The molecule has 17 heavy (non-hydrogen) atoms. The summed E-state index contributed by atoms with van der Waals surface area (Å²) < 4.78 is 10.1. The monoisotopic (exact) mass is 239 g/mol. The van der Waals surface area contributed by atoms with E-state index in [1.165, 1.54) is 12.1 Å². The van der Waals surface area contributed by atoms with Gasteiger partial charge < -0.3 is 20.3 Å². The number of hydrogen-bond donors (Lipinski definition) is 2. The highest BCUT2D eigenvalue weighted by atomic mass is 16.6. The number of ether oxygens (including phenoxy) is 2. The first kappa shape index (κ1) is 13.3. The van der Waals surface area contributed by atoms with Crippen LogP contribution in [0.1, 0.15) is 23.7 Å². The van der Waals surface area contributed by atoms with Gasteiger partial charge in [-0.25, -0.2) is 4.79 Å². The molecule has 0 aliphatic carbocycles. The Bertz CT molecular complexity index is 379. The van der Waals surface area contributed by atoms with Crippen molar-refractivity contribution in [2.24, 2.45) is 0 Å². The fourth-order valence-electron chi connectivity index (χ4n) is 1.24. The third kappa shape index (κ3) is 3.96. The highest BCUT2D eigenvalue weighted by molar-refractivity contribution is 5.94. The van der Waals surface area contributed by atoms with E-state index in [0.717, 1.165) is 6.42 Å². The number of benzene rings is 1. The van der Waals surface area contributed by atoms with Crippen LogP contribution in [0.5, 0.6) is 5.75 Å². The van der Waals surface area contributed by atoms with Crippen molar-refractivity contribution in [1.82, 2.24) is 0 Å². The molecule has 5 heteroatoms. The largest absolute Gasteiger partial charge is 0.505 e. The minimum Gasteiger partial charge on any atom is -0.505 e. The Morgan fingerprint density at radius 2 is 2.12 bits per heavy atom. The number of aromatic hydroxyl groups is 1. The molecule has 5 nitrogen and oxygen atoms in total. The Balaban J connectivity index is 2.44. The maximum Gasteiger partial charge on any atom is 0.342 e. The van der Waals surface area contributed by atoms with Gasteiger partial charge >= 0.3 is 5.97 Å². The highest BCUT2D eigenvalue weighted by Gasteiger charge is 2.13. The predicted molar refractivity (Wildman–Crippen MR) is 63.9 cm³/mol. The molecular weight excluding hydrogens is 222 g/mol. The summed E-state index contributed by atoms with van der Waals surface area (Å²) in [6.45, 7) is 3.15. The standard InChI is InChI=1S/C12H17NO4/c1-2-6-16-7-8-17-12(15)9-4-3-5-10(13)11(9)14/h3-5,14H,2,6-8,13H2,1H3. The van der Waals surface area contributed by atoms with Crippen LogP contribution in [0, 0.1) is 0 Å². The number of rotatable bonds is 6. The predicted octanol–water partition coefficient (Wildman–Crippen LogP) is 1.56. The van der Waals surface area contributed by atoms with E-state index in [-0.39, 0.29) is 23.6 Å². The van der Waals surface area contributed by atoms with Crippen molar-refractivity contribution >= 4 is 11.7 Å². The molecule has 3 N–H and O–H groups in total. The average Bonchev–Trinajstić information content (AvgIpc) is 2.32. The van der Waals surface area contributed by atoms with Gasteiger partial charge in [0.1, 0.15) is 12.2 Å². The van der Waals surface area contributed by atoms with E-state index in [9.17, 15) is 9.90 Å². The van der Waals surface area contributed by atoms with Gasteiger partial charge in [-0.2, -0.15) is 0 Å². The molecule has 0 atom stereocenters. The lowest BCUT2D eigenvalue weighted by Crippen LogP contribution is -2.11. The van der Waals surface area contributed by atoms with Crippen molar-refractivity contribution in [3.8, 4) is 5.75 Å². The van der Waals surface area contributed by atoms with Crippen molar-refractivity contribution in [2.45, 2.75) is 13.3 Å². The van der Waals surface area contributed by atoms with Gasteiger partial charge in [0, 0.05) is 6.61 Å². The van der Waals surface area contributed by atoms with Gasteiger partial charge in [-0.3, -0.25) is 0 Å². The molecule has 0 aliphatic rings. The van der Waals surface area contributed by atoms with Crippen LogP contribution in [-0.4, -0.2) is 30.9 Å². The number of carbonyl (C=O) groups excluding carboxylic acids is 1. The van der Waals surface area contributed by atoms with Crippen molar-refractivity contribution < 1.29 is 19.4 Å². The van der Waals surface area contributed by atoms with E-state index < -0.39 is 5.97 Å². The topological polar surface area (TPSA) is 81.8 Å². The molecule has 0 heterocycles. The van der Waals surface area contributed by atoms with Crippen molar-refractivity contribution in [1.29, 1.82) is 0 Å². The third-order valence-electron chi connectivity index (χ3n) is 2.10. The van der Waals surface area contributed by atoms with Crippen LogP contribution in [-0.2, 0) is 9.47 Å². The summed E-state index contributed by atoms with van der Waals surface area (Å²) in [5.74, 6) is -0.845. The number of anilines is 1. The molecule has 94 valence electrons. The van der Waals surface area contributed by atoms with E-state index in [2.05, 4.69) is 0 Å². The summed E-state index contributed by atoms with van der Waals surface area (Å²) in [6, 6.07) is 4.55. The van der Waals surface area contributed by atoms with Crippen LogP contribution in [0.2, 0.25) is 0 Å². The van der Waals surface area contributed by atoms with Gasteiger partial charge in [0.05, 0.1) is 12.3 Å². The van der Waals surface area contributed by atoms with Crippen molar-refractivity contribution in [2.75, 3.05) is 25.6 Å². The molecule has 0 saturated heterocycles. The van der Waals surface area contributed by atoms with Crippen LogP contribution in [0.4, 0.5) is 5.69 Å². The van der Waals surface area contributed by atoms with Crippen LogP contribution in [0.3, 0.4) is 0 Å². The van der Waals surface area contributed by atoms with Gasteiger partial charge in [0.15, 0.2) is 5.75 Å². The molecule has 0 fully saturated rings. The highest BCUT2D eigenvalue weighted by Crippen LogP contribution is 2.24. The number of phenolic OH excluding ortho intramolecular Hbond substituents is 1. The molecule has 0 saturated carbocycles.